The molecular formula is C33H33F3N8O5. The molecule has 2 atom stereocenters. The molecule has 49 heavy (non-hydrogen) atoms. The first-order chi connectivity index (χ1) is 23.4. The number of piperazine rings is 1. The summed E-state index contributed by atoms with van der Waals surface area (Å²) in [6.07, 6.45) is -0.0394. The second-order valence-electron chi connectivity index (χ2n) is 11.5. The Bertz CT molecular complexity index is 1970. The Morgan fingerprint density at radius 3 is 2.51 bits per heavy atom. The number of rotatable bonds is 7. The predicted molar refractivity (Wildman–Crippen MR) is 173 cm³/mol. The number of likely N-dealkylation sites (N-methyl/N-ethyl adjacent to an activating group) is 1. The van der Waals surface area contributed by atoms with Gasteiger partial charge in [-0.05, 0) is 44.0 Å². The van der Waals surface area contributed by atoms with Gasteiger partial charge in [-0.25, -0.2) is 9.78 Å². The van der Waals surface area contributed by atoms with Crippen molar-refractivity contribution in [3.63, 3.8) is 0 Å². The SMILES string of the molecule is C=CC(=O)N1CCN(c2nc(OC[C@@H]3CCCN3C)nc3c(=O)n(-c4cccc5ccccc45)cnc23)C[C@@H]1CC#N.O=C(O)C(F)(F)F. The number of nitriles is 1. The van der Waals surface area contributed by atoms with Gasteiger partial charge in [-0.1, -0.05) is 43.0 Å². The number of aromatic nitrogens is 4. The van der Waals surface area contributed by atoms with E-state index in [1.54, 1.807) is 4.90 Å². The van der Waals surface area contributed by atoms with Crippen LogP contribution >= 0.6 is 0 Å². The fourth-order valence-electron chi connectivity index (χ4n) is 5.94. The Balaban J connectivity index is 0.000000606. The molecular weight excluding hydrogens is 645 g/mol. The summed E-state index contributed by atoms with van der Waals surface area (Å²) in [6.45, 7) is 6.17. The third kappa shape index (κ3) is 7.62. The van der Waals surface area contributed by atoms with Crippen LogP contribution in [0.2, 0.25) is 0 Å². The van der Waals surface area contributed by atoms with E-state index in [0.717, 1.165) is 30.2 Å². The monoisotopic (exact) mass is 678 g/mol. The largest absolute Gasteiger partial charge is 0.490 e. The zero-order chi connectivity index (χ0) is 35.3. The van der Waals surface area contributed by atoms with Crippen LogP contribution in [0.25, 0.3) is 27.5 Å². The lowest BCUT2D eigenvalue weighted by atomic mass is 10.1. The van der Waals surface area contributed by atoms with E-state index in [0.29, 0.717) is 43.3 Å². The van der Waals surface area contributed by atoms with Gasteiger partial charge in [0, 0.05) is 31.1 Å². The molecule has 0 saturated carbocycles. The lowest BCUT2D eigenvalue weighted by Gasteiger charge is -2.40. The quantitative estimate of drug-likeness (QED) is 0.285. The van der Waals surface area contributed by atoms with E-state index in [1.807, 2.05) is 47.4 Å². The zero-order valence-electron chi connectivity index (χ0n) is 26.5. The summed E-state index contributed by atoms with van der Waals surface area (Å²) in [7, 11) is 2.07. The van der Waals surface area contributed by atoms with Crippen LogP contribution < -0.4 is 15.2 Å². The number of halogens is 3. The predicted octanol–water partition coefficient (Wildman–Crippen LogP) is 3.55. The van der Waals surface area contributed by atoms with E-state index in [2.05, 4.69) is 29.6 Å². The van der Waals surface area contributed by atoms with E-state index < -0.39 is 12.1 Å². The fraction of sp³-hybridized carbons (Fsp3) is 0.364. The van der Waals surface area contributed by atoms with Crippen LogP contribution in [-0.2, 0) is 9.59 Å². The highest BCUT2D eigenvalue weighted by atomic mass is 19.4. The molecule has 2 aliphatic heterocycles. The maximum absolute atomic E-state index is 14.1. The van der Waals surface area contributed by atoms with E-state index in [-0.39, 0.29) is 41.5 Å². The number of amides is 1. The molecule has 16 heteroatoms. The minimum absolute atomic E-state index is 0.105. The molecule has 0 bridgehead atoms. The number of ether oxygens (including phenoxy) is 1. The highest BCUT2D eigenvalue weighted by molar-refractivity contribution is 5.91. The number of aliphatic carboxylic acids is 1. The number of benzene rings is 2. The van der Waals surface area contributed by atoms with Crippen LogP contribution in [0.15, 0.2) is 66.2 Å². The van der Waals surface area contributed by atoms with Gasteiger partial charge in [0.25, 0.3) is 5.56 Å². The summed E-state index contributed by atoms with van der Waals surface area (Å²) in [5.41, 5.74) is 0.859. The number of carboxylic acids is 1. The average Bonchev–Trinajstić information content (AvgIpc) is 3.51. The van der Waals surface area contributed by atoms with Gasteiger partial charge in [-0.15, -0.1) is 0 Å². The van der Waals surface area contributed by atoms with Crippen molar-refractivity contribution in [1.29, 1.82) is 5.26 Å². The summed E-state index contributed by atoms with van der Waals surface area (Å²) < 4.78 is 39.4. The minimum atomic E-state index is -5.08. The highest BCUT2D eigenvalue weighted by Crippen LogP contribution is 2.28. The van der Waals surface area contributed by atoms with Crippen LogP contribution in [0.4, 0.5) is 19.0 Å². The second kappa shape index (κ2) is 14.7. The Hall–Kier alpha value is -5.56. The summed E-state index contributed by atoms with van der Waals surface area (Å²) in [6, 6.07) is 15.8. The number of fused-ring (bicyclic) bond motifs is 2. The van der Waals surface area contributed by atoms with Crippen LogP contribution in [0.5, 0.6) is 6.01 Å². The van der Waals surface area contributed by atoms with Crippen molar-refractivity contribution in [3.05, 3.63) is 71.8 Å². The molecule has 4 aromatic rings. The van der Waals surface area contributed by atoms with Crippen molar-refractivity contribution in [1.82, 2.24) is 29.3 Å². The van der Waals surface area contributed by atoms with E-state index in [4.69, 9.17) is 24.6 Å². The molecule has 2 aromatic carbocycles. The first-order valence-corrected chi connectivity index (χ1v) is 15.4. The molecule has 256 valence electrons. The third-order valence-corrected chi connectivity index (χ3v) is 8.48. The number of hydrogen-bond donors (Lipinski definition) is 1. The molecule has 13 nitrogen and oxygen atoms in total. The van der Waals surface area contributed by atoms with Gasteiger partial charge in [0.15, 0.2) is 11.3 Å². The standard InChI is InChI=1S/C31H32N8O3.C2HF3O2/c1-3-26(40)38-17-16-37(18-22(38)13-14-32)29-27-28(34-31(35-29)42-19-23-10-7-15-36(23)2)30(41)39(20-33-27)25-12-6-9-21-8-4-5-11-24(21)25;3-2(4,5)1(6)7/h3-6,8-9,11-12,20,22-23H,1,7,10,13,15-19H2,2H3;(H,6,7)/t22-,23-;/m0./s1. The van der Waals surface area contributed by atoms with Crippen molar-refractivity contribution < 1.29 is 32.6 Å². The topological polar surface area (TPSA) is 158 Å². The Kier molecular flexibility index (Phi) is 10.4. The number of carboxylic acid groups (broad SMARTS) is 1. The number of carbonyl (C=O) groups excluding carboxylic acids is 1. The van der Waals surface area contributed by atoms with Gasteiger partial charge in [-0.2, -0.15) is 28.4 Å². The first-order valence-electron chi connectivity index (χ1n) is 15.4. The van der Waals surface area contributed by atoms with Crippen LogP contribution in [0.1, 0.15) is 19.3 Å². The highest BCUT2D eigenvalue weighted by Gasteiger charge is 2.38. The van der Waals surface area contributed by atoms with Gasteiger partial charge in [0.2, 0.25) is 5.91 Å². The lowest BCUT2D eigenvalue weighted by Crippen LogP contribution is -2.55. The Morgan fingerprint density at radius 1 is 1.10 bits per heavy atom. The fourth-order valence-corrected chi connectivity index (χ4v) is 5.94. The maximum Gasteiger partial charge on any atom is 0.490 e. The molecule has 1 amide bonds. The molecule has 2 aromatic heterocycles. The summed E-state index contributed by atoms with van der Waals surface area (Å²) >= 11 is 0. The van der Waals surface area contributed by atoms with Gasteiger partial charge in [-0.3, -0.25) is 14.2 Å². The van der Waals surface area contributed by atoms with E-state index >= 15 is 0 Å². The van der Waals surface area contributed by atoms with Gasteiger partial charge >= 0.3 is 18.2 Å². The number of hydrogen-bond acceptors (Lipinski definition) is 10. The van der Waals surface area contributed by atoms with Gasteiger partial charge < -0.3 is 24.5 Å². The molecule has 6 rings (SSSR count). The van der Waals surface area contributed by atoms with Gasteiger partial charge in [0.1, 0.15) is 18.5 Å². The smallest absolute Gasteiger partial charge is 0.475 e. The van der Waals surface area contributed by atoms with Crippen molar-refractivity contribution in [3.8, 4) is 17.8 Å². The number of carbonyl (C=O) groups is 2. The molecule has 0 aliphatic carbocycles. The summed E-state index contributed by atoms with van der Waals surface area (Å²) in [4.78, 5) is 55.3. The van der Waals surface area contributed by atoms with Crippen molar-refractivity contribution in [2.24, 2.45) is 0 Å². The number of alkyl halides is 3. The molecule has 0 radical (unpaired) electrons. The maximum atomic E-state index is 14.1. The summed E-state index contributed by atoms with van der Waals surface area (Å²) in [5.74, 6) is -2.53. The molecule has 1 N–H and O–H groups in total. The van der Waals surface area contributed by atoms with E-state index in [9.17, 15) is 28.0 Å². The molecule has 0 spiro atoms. The molecule has 2 fully saturated rings. The van der Waals surface area contributed by atoms with Gasteiger partial charge in [0.05, 0.1) is 24.2 Å². The molecule has 0 unspecified atom stereocenters. The van der Waals surface area contributed by atoms with Crippen LogP contribution in [-0.4, -0.2) is 104 Å². The van der Waals surface area contributed by atoms with Crippen molar-refractivity contribution in [2.45, 2.75) is 37.5 Å². The minimum Gasteiger partial charge on any atom is -0.475 e. The van der Waals surface area contributed by atoms with E-state index in [1.165, 1.54) is 17.0 Å². The van der Waals surface area contributed by atoms with Crippen LogP contribution in [0.3, 0.4) is 0 Å². The number of nitrogens with zero attached hydrogens (tertiary/aromatic N) is 8. The number of anilines is 1. The second-order valence-corrected chi connectivity index (χ2v) is 11.5. The Morgan fingerprint density at radius 2 is 1.84 bits per heavy atom. The first kappa shape index (κ1) is 34.8. The van der Waals surface area contributed by atoms with Crippen molar-refractivity contribution >= 4 is 39.5 Å². The summed E-state index contributed by atoms with van der Waals surface area (Å²) in [5, 5.41) is 18.5. The number of likely N-dealkylation sites (tertiary alicyclic amines) is 1. The molecule has 2 aliphatic rings. The Labute approximate surface area is 278 Å². The van der Waals surface area contributed by atoms with Crippen molar-refractivity contribution in [2.75, 3.05) is 44.7 Å². The molecule has 4 heterocycles. The normalized spacial score (nSPS) is 18.1. The average molecular weight is 679 g/mol. The molecule has 2 saturated heterocycles. The van der Waals surface area contributed by atoms with Crippen LogP contribution in [0, 0.1) is 11.3 Å². The lowest BCUT2D eigenvalue weighted by molar-refractivity contribution is -0.192. The zero-order valence-corrected chi connectivity index (χ0v) is 26.5. The third-order valence-electron chi connectivity index (χ3n) is 8.48.